The second-order valence-electron chi connectivity index (χ2n) is 5.70. The zero-order valence-corrected chi connectivity index (χ0v) is 12.8. The van der Waals surface area contributed by atoms with Crippen molar-refractivity contribution < 1.29 is 4.79 Å². The largest absolute Gasteiger partial charge is 0.363 e. The van der Waals surface area contributed by atoms with Crippen LogP contribution in [0.25, 0.3) is 0 Å². The van der Waals surface area contributed by atoms with Crippen LogP contribution in [-0.2, 0) is 6.54 Å². The van der Waals surface area contributed by atoms with E-state index in [0.717, 1.165) is 29.9 Å². The number of nitrogens with one attached hydrogen (secondary N) is 1. The second-order valence-corrected chi connectivity index (χ2v) is 5.70. The first kappa shape index (κ1) is 14.4. The summed E-state index contributed by atoms with van der Waals surface area (Å²) in [5, 5.41) is 2.89. The van der Waals surface area contributed by atoms with Crippen LogP contribution in [0.2, 0.25) is 0 Å². The molecule has 0 spiro atoms. The van der Waals surface area contributed by atoms with Crippen LogP contribution in [0.15, 0.2) is 30.7 Å². The van der Waals surface area contributed by atoms with Crippen molar-refractivity contribution in [3.8, 4) is 0 Å². The summed E-state index contributed by atoms with van der Waals surface area (Å²) in [6.07, 6.45) is 5.52. The van der Waals surface area contributed by atoms with Gasteiger partial charge in [0.2, 0.25) is 0 Å². The van der Waals surface area contributed by atoms with Gasteiger partial charge in [-0.25, -0.2) is 15.0 Å². The van der Waals surface area contributed by atoms with Crippen molar-refractivity contribution >= 4 is 11.7 Å². The van der Waals surface area contributed by atoms with E-state index in [0.29, 0.717) is 18.2 Å². The Bertz CT molecular complexity index is 682. The minimum Gasteiger partial charge on any atom is -0.363 e. The molecule has 1 fully saturated rings. The SMILES string of the molecule is CN(C)c1cc(CNC(=O)c2cc(C3CC3)ncn2)ccn1. The molecule has 22 heavy (non-hydrogen) atoms. The van der Waals surface area contributed by atoms with E-state index in [9.17, 15) is 4.79 Å². The van der Waals surface area contributed by atoms with Gasteiger partial charge in [-0.1, -0.05) is 0 Å². The highest BCUT2D eigenvalue weighted by Gasteiger charge is 2.25. The van der Waals surface area contributed by atoms with Crippen molar-refractivity contribution in [2.45, 2.75) is 25.3 Å². The van der Waals surface area contributed by atoms with Crippen LogP contribution in [0.1, 0.15) is 40.5 Å². The lowest BCUT2D eigenvalue weighted by Crippen LogP contribution is -2.24. The summed E-state index contributed by atoms with van der Waals surface area (Å²) in [5.41, 5.74) is 2.40. The van der Waals surface area contributed by atoms with Crippen molar-refractivity contribution in [3.63, 3.8) is 0 Å². The van der Waals surface area contributed by atoms with Gasteiger partial charge >= 0.3 is 0 Å². The topological polar surface area (TPSA) is 71.0 Å². The highest BCUT2D eigenvalue weighted by atomic mass is 16.1. The first-order valence-electron chi connectivity index (χ1n) is 7.36. The van der Waals surface area contributed by atoms with Crippen LogP contribution in [0, 0.1) is 0 Å². The first-order chi connectivity index (χ1) is 10.6. The van der Waals surface area contributed by atoms with E-state index >= 15 is 0 Å². The molecule has 1 amide bonds. The molecule has 114 valence electrons. The quantitative estimate of drug-likeness (QED) is 0.910. The fourth-order valence-electron chi connectivity index (χ4n) is 2.19. The molecule has 2 heterocycles. The van der Waals surface area contributed by atoms with Gasteiger partial charge in [0.1, 0.15) is 17.8 Å². The fraction of sp³-hybridized carbons (Fsp3) is 0.375. The van der Waals surface area contributed by atoms with Gasteiger partial charge in [0, 0.05) is 38.4 Å². The Morgan fingerprint density at radius 1 is 1.27 bits per heavy atom. The summed E-state index contributed by atoms with van der Waals surface area (Å²) >= 11 is 0. The summed E-state index contributed by atoms with van der Waals surface area (Å²) < 4.78 is 0. The molecular formula is C16H19N5O. The molecule has 3 rings (SSSR count). The van der Waals surface area contributed by atoms with E-state index < -0.39 is 0 Å². The average Bonchev–Trinajstić information content (AvgIpc) is 3.38. The van der Waals surface area contributed by atoms with Crippen LogP contribution in [-0.4, -0.2) is 35.0 Å². The first-order valence-corrected chi connectivity index (χ1v) is 7.36. The molecule has 0 unspecified atom stereocenters. The van der Waals surface area contributed by atoms with Crippen LogP contribution >= 0.6 is 0 Å². The Balaban J connectivity index is 1.64. The molecule has 2 aromatic heterocycles. The maximum atomic E-state index is 12.2. The third-order valence-electron chi connectivity index (χ3n) is 3.64. The molecule has 6 nitrogen and oxygen atoms in total. The molecule has 2 aromatic rings. The Hall–Kier alpha value is -2.50. The van der Waals surface area contributed by atoms with Crippen molar-refractivity contribution in [3.05, 3.63) is 47.7 Å². The fourth-order valence-corrected chi connectivity index (χ4v) is 2.19. The number of carbonyl (C=O) groups excluding carboxylic acids is 1. The summed E-state index contributed by atoms with van der Waals surface area (Å²) in [4.78, 5) is 26.7. The Morgan fingerprint density at radius 3 is 2.82 bits per heavy atom. The highest BCUT2D eigenvalue weighted by Crippen LogP contribution is 2.38. The predicted octanol–water partition coefficient (Wildman–Crippen LogP) is 1.74. The maximum Gasteiger partial charge on any atom is 0.270 e. The van der Waals surface area contributed by atoms with Crippen molar-refractivity contribution in [2.24, 2.45) is 0 Å². The molecule has 1 saturated carbocycles. The summed E-state index contributed by atoms with van der Waals surface area (Å²) in [6.45, 7) is 0.449. The lowest BCUT2D eigenvalue weighted by Gasteiger charge is -2.12. The third-order valence-corrected chi connectivity index (χ3v) is 3.64. The Labute approximate surface area is 129 Å². The summed E-state index contributed by atoms with van der Waals surface area (Å²) in [5.74, 6) is 1.20. The molecule has 0 atom stereocenters. The van der Waals surface area contributed by atoms with Crippen molar-refractivity contribution in [2.75, 3.05) is 19.0 Å². The van der Waals surface area contributed by atoms with E-state index in [4.69, 9.17) is 0 Å². The molecular weight excluding hydrogens is 278 g/mol. The molecule has 1 N–H and O–H groups in total. The molecule has 0 radical (unpaired) electrons. The van der Waals surface area contributed by atoms with E-state index in [1.807, 2.05) is 31.1 Å². The van der Waals surface area contributed by atoms with Crippen LogP contribution in [0.4, 0.5) is 5.82 Å². The van der Waals surface area contributed by atoms with E-state index in [-0.39, 0.29) is 5.91 Å². The molecule has 0 bridgehead atoms. The van der Waals surface area contributed by atoms with Gasteiger partial charge in [0.15, 0.2) is 0 Å². The smallest absolute Gasteiger partial charge is 0.270 e. The summed E-state index contributed by atoms with van der Waals surface area (Å²) in [7, 11) is 3.87. The summed E-state index contributed by atoms with van der Waals surface area (Å²) in [6, 6.07) is 5.64. The third kappa shape index (κ3) is 3.39. The molecule has 0 saturated heterocycles. The number of pyridine rings is 1. The Kier molecular flexibility index (Phi) is 4.00. The highest BCUT2D eigenvalue weighted by molar-refractivity contribution is 5.92. The van der Waals surface area contributed by atoms with Gasteiger partial charge in [-0.15, -0.1) is 0 Å². The number of rotatable bonds is 5. The van der Waals surface area contributed by atoms with Gasteiger partial charge in [-0.3, -0.25) is 4.79 Å². The number of aromatic nitrogens is 3. The number of amides is 1. The monoisotopic (exact) mass is 297 g/mol. The minimum atomic E-state index is -0.174. The van der Waals surface area contributed by atoms with Gasteiger partial charge in [0.25, 0.3) is 5.91 Å². The maximum absolute atomic E-state index is 12.2. The molecule has 0 aromatic carbocycles. The molecule has 1 aliphatic rings. The minimum absolute atomic E-state index is 0.174. The number of carbonyl (C=O) groups is 1. The second kappa shape index (κ2) is 6.09. The van der Waals surface area contributed by atoms with Crippen LogP contribution in [0.3, 0.4) is 0 Å². The predicted molar refractivity (Wildman–Crippen MR) is 83.7 cm³/mol. The number of anilines is 1. The van der Waals surface area contributed by atoms with E-state index in [1.54, 1.807) is 12.3 Å². The van der Waals surface area contributed by atoms with Crippen molar-refractivity contribution in [1.29, 1.82) is 0 Å². The van der Waals surface area contributed by atoms with Gasteiger partial charge < -0.3 is 10.2 Å². The van der Waals surface area contributed by atoms with Gasteiger partial charge in [-0.2, -0.15) is 0 Å². The zero-order valence-electron chi connectivity index (χ0n) is 12.8. The number of hydrogen-bond donors (Lipinski definition) is 1. The number of hydrogen-bond acceptors (Lipinski definition) is 5. The standard InChI is InChI=1S/C16H19N5O/c1-21(2)15-7-11(5-6-17-15)9-18-16(22)14-8-13(12-3-4-12)19-10-20-14/h5-8,10,12H,3-4,9H2,1-2H3,(H,18,22). The van der Waals surface area contributed by atoms with Crippen LogP contribution in [0.5, 0.6) is 0 Å². The van der Waals surface area contributed by atoms with Gasteiger partial charge in [0.05, 0.1) is 0 Å². The average molecular weight is 297 g/mol. The molecule has 0 aliphatic heterocycles. The normalized spacial score (nSPS) is 13.7. The van der Waals surface area contributed by atoms with Crippen molar-refractivity contribution in [1.82, 2.24) is 20.3 Å². The van der Waals surface area contributed by atoms with Gasteiger partial charge in [-0.05, 0) is 36.6 Å². The van der Waals surface area contributed by atoms with E-state index in [2.05, 4.69) is 20.3 Å². The Morgan fingerprint density at radius 2 is 2.09 bits per heavy atom. The lowest BCUT2D eigenvalue weighted by atomic mass is 10.2. The van der Waals surface area contributed by atoms with Crippen LogP contribution < -0.4 is 10.2 Å². The number of nitrogens with zero attached hydrogens (tertiary/aromatic N) is 4. The van der Waals surface area contributed by atoms with E-state index in [1.165, 1.54) is 6.33 Å². The molecule has 6 heteroatoms. The zero-order chi connectivity index (χ0) is 15.5. The lowest BCUT2D eigenvalue weighted by molar-refractivity contribution is 0.0945. The molecule has 1 aliphatic carbocycles.